The Morgan fingerprint density at radius 3 is 2.88 bits per heavy atom. The van der Waals surface area contributed by atoms with E-state index >= 15 is 0 Å². The third kappa shape index (κ3) is 4.28. The molecule has 0 aliphatic carbocycles. The summed E-state index contributed by atoms with van der Waals surface area (Å²) in [5, 5.41) is 13.3. The summed E-state index contributed by atoms with van der Waals surface area (Å²) in [6.07, 6.45) is 5.75. The van der Waals surface area contributed by atoms with Crippen LogP contribution in [0.5, 0.6) is 5.88 Å². The van der Waals surface area contributed by atoms with E-state index in [1.165, 1.54) is 0 Å². The van der Waals surface area contributed by atoms with E-state index in [-0.39, 0.29) is 17.7 Å². The van der Waals surface area contributed by atoms with Crippen LogP contribution < -0.4 is 15.0 Å². The molecule has 1 spiro atoms. The van der Waals surface area contributed by atoms with Crippen LogP contribution in [0.15, 0.2) is 35.6 Å². The quantitative estimate of drug-likeness (QED) is 0.607. The lowest BCUT2D eigenvalue weighted by molar-refractivity contribution is -0.228. The van der Waals surface area contributed by atoms with Crippen LogP contribution in [0.4, 0.5) is 5.69 Å². The van der Waals surface area contributed by atoms with Gasteiger partial charge in [-0.25, -0.2) is 9.97 Å². The molecule has 9 nitrogen and oxygen atoms in total. The second-order valence-corrected chi connectivity index (χ2v) is 9.51. The van der Waals surface area contributed by atoms with Crippen molar-refractivity contribution in [2.45, 2.75) is 42.2 Å². The number of hydrogen-bond acceptors (Lipinski definition) is 9. The van der Waals surface area contributed by atoms with Crippen LogP contribution in [0.3, 0.4) is 0 Å². The van der Waals surface area contributed by atoms with Crippen LogP contribution >= 0.6 is 11.8 Å². The van der Waals surface area contributed by atoms with Gasteiger partial charge in [0.25, 0.3) is 0 Å². The minimum Gasteiger partial charge on any atom is -0.480 e. The number of morpholine rings is 1. The van der Waals surface area contributed by atoms with Crippen molar-refractivity contribution in [2.24, 2.45) is 0 Å². The second kappa shape index (κ2) is 9.09. The largest absolute Gasteiger partial charge is 0.480 e. The zero-order chi connectivity index (χ0) is 23.0. The average Bonchev–Trinajstić information content (AvgIpc) is 3.28. The molecule has 3 saturated heterocycles. The van der Waals surface area contributed by atoms with Crippen LogP contribution in [0.25, 0.3) is 11.1 Å². The van der Waals surface area contributed by atoms with E-state index in [4.69, 9.17) is 19.2 Å². The molecule has 2 aromatic rings. The molecule has 3 fully saturated rings. The molecule has 10 heteroatoms. The number of aliphatic carboxylic acids is 1. The molecule has 33 heavy (non-hydrogen) atoms. The second-order valence-electron chi connectivity index (χ2n) is 8.69. The number of pyridine rings is 2. The highest BCUT2D eigenvalue weighted by molar-refractivity contribution is 7.98. The van der Waals surface area contributed by atoms with Gasteiger partial charge in [-0.1, -0.05) is 0 Å². The van der Waals surface area contributed by atoms with Gasteiger partial charge in [-0.15, -0.1) is 11.8 Å². The van der Waals surface area contributed by atoms with Crippen molar-refractivity contribution in [3.63, 3.8) is 0 Å². The highest BCUT2D eigenvalue weighted by Gasteiger charge is 2.50. The number of thioether (sulfide) groups is 1. The number of hydrogen-bond donors (Lipinski definition) is 2. The standard InChI is InChI=1S/C23H28N4O5S/c1-14-23(12-30-13-23)31-6-5-27(14)19-7-16(15-3-4-24-20(8-15)33-2)10-26-21(19)32-17-9-18(22(28)29)25-11-17/h3-4,7-8,10,14,17-18,25H,5-6,9,11-13H2,1-2H3,(H,28,29)/t14-,17?,18?/m0/s1. The van der Waals surface area contributed by atoms with Crippen molar-refractivity contribution in [1.82, 2.24) is 15.3 Å². The van der Waals surface area contributed by atoms with E-state index in [1.807, 2.05) is 24.6 Å². The minimum atomic E-state index is -0.861. The molecule has 2 N–H and O–H groups in total. The summed E-state index contributed by atoms with van der Waals surface area (Å²) in [4.78, 5) is 22.7. The van der Waals surface area contributed by atoms with Gasteiger partial charge in [-0.05, 0) is 36.9 Å². The molecule has 0 aromatic carbocycles. The molecule has 3 aliphatic heterocycles. The van der Waals surface area contributed by atoms with Gasteiger partial charge in [-0.3, -0.25) is 4.79 Å². The van der Waals surface area contributed by atoms with Crippen molar-refractivity contribution in [2.75, 3.05) is 44.1 Å². The Kier molecular flexibility index (Phi) is 6.17. The lowest BCUT2D eigenvalue weighted by Gasteiger charge is -2.53. The molecule has 0 bridgehead atoms. The van der Waals surface area contributed by atoms with Crippen molar-refractivity contribution < 1.29 is 24.1 Å². The molecule has 0 radical (unpaired) electrons. The highest BCUT2D eigenvalue weighted by atomic mass is 32.2. The molecule has 3 aliphatic rings. The highest BCUT2D eigenvalue weighted by Crippen LogP contribution is 2.40. The summed E-state index contributed by atoms with van der Waals surface area (Å²) in [5.41, 5.74) is 2.57. The number of nitrogens with one attached hydrogen (secondary N) is 1. The molecular formula is C23H28N4O5S. The van der Waals surface area contributed by atoms with Gasteiger partial charge < -0.3 is 29.5 Å². The van der Waals surface area contributed by atoms with Gasteiger partial charge in [0, 0.05) is 37.5 Å². The molecule has 0 saturated carbocycles. The van der Waals surface area contributed by atoms with Crippen LogP contribution in [0.1, 0.15) is 13.3 Å². The maximum atomic E-state index is 11.3. The number of rotatable bonds is 6. The van der Waals surface area contributed by atoms with E-state index in [1.54, 1.807) is 18.0 Å². The number of carboxylic acids is 1. The number of carbonyl (C=O) groups is 1. The SMILES string of the molecule is CSc1cc(-c2cnc(OC3CNC(C(=O)O)C3)c(N3CCOC4(COC4)[C@@H]3C)c2)ccn1. The zero-order valence-electron chi connectivity index (χ0n) is 18.7. The van der Waals surface area contributed by atoms with Crippen molar-refractivity contribution in [3.8, 4) is 17.0 Å². The Morgan fingerprint density at radius 2 is 2.18 bits per heavy atom. The molecule has 176 valence electrons. The summed E-state index contributed by atoms with van der Waals surface area (Å²) in [6, 6.07) is 5.61. The normalized spacial score (nSPS) is 26.2. The first kappa shape index (κ1) is 22.4. The average molecular weight is 473 g/mol. The summed E-state index contributed by atoms with van der Waals surface area (Å²) in [6.45, 7) is 5.06. The first-order valence-electron chi connectivity index (χ1n) is 11.1. The smallest absolute Gasteiger partial charge is 0.320 e. The van der Waals surface area contributed by atoms with Crippen molar-refractivity contribution >= 4 is 23.4 Å². The molecule has 5 heterocycles. The van der Waals surface area contributed by atoms with Crippen LogP contribution in [-0.2, 0) is 14.3 Å². The monoisotopic (exact) mass is 472 g/mol. The van der Waals surface area contributed by atoms with Gasteiger partial charge in [0.1, 0.15) is 23.4 Å². The predicted molar refractivity (Wildman–Crippen MR) is 124 cm³/mol. The number of ether oxygens (including phenoxy) is 3. The fraction of sp³-hybridized carbons (Fsp3) is 0.522. The van der Waals surface area contributed by atoms with Crippen molar-refractivity contribution in [1.29, 1.82) is 0 Å². The summed E-state index contributed by atoms with van der Waals surface area (Å²) >= 11 is 1.60. The summed E-state index contributed by atoms with van der Waals surface area (Å²) in [5.74, 6) is -0.347. The first-order chi connectivity index (χ1) is 16.0. The topological polar surface area (TPSA) is 106 Å². The van der Waals surface area contributed by atoms with Crippen LogP contribution in [0.2, 0.25) is 0 Å². The van der Waals surface area contributed by atoms with Gasteiger partial charge in [0.15, 0.2) is 0 Å². The Labute approximate surface area is 196 Å². The molecule has 5 rings (SSSR count). The van der Waals surface area contributed by atoms with Crippen LogP contribution in [-0.4, -0.2) is 84.0 Å². The molecule has 2 unspecified atom stereocenters. The number of nitrogens with zero attached hydrogens (tertiary/aromatic N) is 3. The molecular weight excluding hydrogens is 444 g/mol. The Hall–Kier alpha value is -2.40. The third-order valence-corrected chi connectivity index (χ3v) is 7.37. The van der Waals surface area contributed by atoms with Crippen LogP contribution in [0, 0.1) is 0 Å². The fourth-order valence-electron chi connectivity index (χ4n) is 4.64. The first-order valence-corrected chi connectivity index (χ1v) is 12.3. The Morgan fingerprint density at radius 1 is 1.33 bits per heavy atom. The van der Waals surface area contributed by atoms with E-state index in [0.29, 0.717) is 45.2 Å². The number of aromatic nitrogens is 2. The lowest BCUT2D eigenvalue weighted by atomic mass is 9.90. The third-order valence-electron chi connectivity index (χ3n) is 6.73. The Bertz CT molecular complexity index is 1030. The van der Waals surface area contributed by atoms with Gasteiger partial charge >= 0.3 is 5.97 Å². The zero-order valence-corrected chi connectivity index (χ0v) is 19.5. The van der Waals surface area contributed by atoms with Crippen molar-refractivity contribution in [3.05, 3.63) is 30.6 Å². The number of anilines is 1. The fourth-order valence-corrected chi connectivity index (χ4v) is 5.05. The van der Waals surface area contributed by atoms with Gasteiger partial charge in [0.05, 0.1) is 30.9 Å². The molecule has 2 aromatic heterocycles. The molecule has 0 amide bonds. The van der Waals surface area contributed by atoms with E-state index in [9.17, 15) is 9.90 Å². The van der Waals surface area contributed by atoms with E-state index in [2.05, 4.69) is 28.2 Å². The molecule has 3 atom stereocenters. The maximum Gasteiger partial charge on any atom is 0.320 e. The Balaban J connectivity index is 1.49. The predicted octanol–water partition coefficient (Wildman–Crippen LogP) is 2.05. The van der Waals surface area contributed by atoms with Gasteiger partial charge in [0.2, 0.25) is 5.88 Å². The lowest BCUT2D eigenvalue weighted by Crippen LogP contribution is -2.68. The minimum absolute atomic E-state index is 0.0760. The summed E-state index contributed by atoms with van der Waals surface area (Å²) < 4.78 is 17.9. The van der Waals surface area contributed by atoms with E-state index < -0.39 is 12.0 Å². The van der Waals surface area contributed by atoms with E-state index in [0.717, 1.165) is 21.8 Å². The number of carboxylic acid groups (broad SMARTS) is 1. The summed E-state index contributed by atoms with van der Waals surface area (Å²) in [7, 11) is 0. The maximum absolute atomic E-state index is 11.3. The van der Waals surface area contributed by atoms with Gasteiger partial charge in [-0.2, -0.15) is 0 Å².